The van der Waals surface area contributed by atoms with Crippen LogP contribution in [0.1, 0.15) is 36.1 Å². The van der Waals surface area contributed by atoms with Gasteiger partial charge in [-0.25, -0.2) is 9.59 Å². The fourth-order valence-corrected chi connectivity index (χ4v) is 3.69. The summed E-state index contributed by atoms with van der Waals surface area (Å²) in [7, 11) is 1.66. The lowest BCUT2D eigenvalue weighted by Crippen LogP contribution is -2.60. The van der Waals surface area contributed by atoms with Crippen LogP contribution in [0.15, 0.2) is 47.6 Å². The molecule has 0 aromatic heterocycles. The Balaban J connectivity index is 2.03. The number of benzene rings is 1. The summed E-state index contributed by atoms with van der Waals surface area (Å²) >= 11 is 0. The van der Waals surface area contributed by atoms with Crippen molar-refractivity contribution in [2.75, 3.05) is 7.11 Å². The fraction of sp³-hybridized carbons (Fsp3) is 0.407. The first kappa shape index (κ1) is 29.0. The molecule has 1 heterocycles. The second kappa shape index (κ2) is 12.6. The summed E-state index contributed by atoms with van der Waals surface area (Å²) in [5, 5.41) is 38.5. The molecule has 2 rings (SSSR count). The zero-order chi connectivity index (χ0) is 27.2. The van der Waals surface area contributed by atoms with Gasteiger partial charge in [0.25, 0.3) is 0 Å². The Bertz CT molecular complexity index is 1100. The molecule has 9 heteroatoms. The molecule has 5 unspecified atom stereocenters. The van der Waals surface area contributed by atoms with E-state index < -0.39 is 42.6 Å². The van der Waals surface area contributed by atoms with Crippen molar-refractivity contribution < 1.29 is 44.2 Å². The number of esters is 1. The Morgan fingerprint density at radius 3 is 2.25 bits per heavy atom. The Morgan fingerprint density at radius 2 is 1.64 bits per heavy atom. The molecule has 1 aromatic rings. The second-order valence-corrected chi connectivity index (χ2v) is 8.72. The molecular weight excluding hydrogens is 468 g/mol. The van der Waals surface area contributed by atoms with E-state index in [2.05, 4.69) is 6.92 Å². The number of carbonyl (C=O) groups excluding carboxylic acids is 1. The number of methoxy groups -OCH3 is 1. The monoisotopic (exact) mass is 502 g/mol. The van der Waals surface area contributed by atoms with E-state index in [-0.39, 0.29) is 0 Å². The summed E-state index contributed by atoms with van der Waals surface area (Å²) < 4.78 is 15.3. The van der Waals surface area contributed by atoms with Crippen LogP contribution in [0.25, 0.3) is 6.08 Å². The van der Waals surface area contributed by atoms with Gasteiger partial charge in [0.15, 0.2) is 6.10 Å². The Morgan fingerprint density at radius 1 is 0.972 bits per heavy atom. The number of rotatable bonds is 8. The van der Waals surface area contributed by atoms with Crippen molar-refractivity contribution in [2.45, 2.75) is 65.3 Å². The lowest BCUT2D eigenvalue weighted by atomic mass is 9.96. The molecule has 4 N–H and O–H groups in total. The summed E-state index contributed by atoms with van der Waals surface area (Å²) in [6.07, 6.45) is 1.34. The molecule has 0 saturated carbocycles. The fourth-order valence-electron chi connectivity index (χ4n) is 3.69. The molecule has 0 amide bonds. The number of ether oxygens (including phenoxy) is 3. The van der Waals surface area contributed by atoms with Gasteiger partial charge in [-0.05, 0) is 68.5 Å². The first-order valence-electron chi connectivity index (χ1n) is 11.4. The summed E-state index contributed by atoms with van der Waals surface area (Å²) in [6, 6.07) is 2.01. The molecule has 0 spiro atoms. The van der Waals surface area contributed by atoms with E-state index in [4.69, 9.17) is 19.3 Å². The van der Waals surface area contributed by atoms with Crippen LogP contribution < -0.4 is 4.74 Å². The Hall–Kier alpha value is -3.24. The SMILES string of the molecule is COc1cc(C)c(C=CC(C)=CC=CC(C)=CC(=O)OC2OC(C(=O)O)C(O)C(O)C2O)c(C)c1C. The number of aryl methyl sites for hydroxylation is 1. The van der Waals surface area contributed by atoms with E-state index in [1.165, 1.54) is 0 Å². The summed E-state index contributed by atoms with van der Waals surface area (Å²) in [5.41, 5.74) is 5.96. The number of carboxylic acid groups (broad SMARTS) is 1. The van der Waals surface area contributed by atoms with Crippen molar-refractivity contribution >= 4 is 18.0 Å². The highest BCUT2D eigenvalue weighted by Crippen LogP contribution is 2.28. The van der Waals surface area contributed by atoms with Crippen LogP contribution in [0, 0.1) is 20.8 Å². The molecule has 1 fully saturated rings. The molecule has 0 bridgehead atoms. The van der Waals surface area contributed by atoms with Gasteiger partial charge < -0.3 is 34.6 Å². The van der Waals surface area contributed by atoms with E-state index in [0.29, 0.717) is 5.57 Å². The third-order valence-corrected chi connectivity index (χ3v) is 5.95. The van der Waals surface area contributed by atoms with Gasteiger partial charge in [0.2, 0.25) is 6.29 Å². The van der Waals surface area contributed by atoms with E-state index in [1.807, 2.05) is 45.1 Å². The maximum atomic E-state index is 12.2. The zero-order valence-corrected chi connectivity index (χ0v) is 21.3. The van der Waals surface area contributed by atoms with Gasteiger partial charge >= 0.3 is 11.9 Å². The maximum absolute atomic E-state index is 12.2. The number of carboxylic acids is 1. The minimum absolute atomic E-state index is 0.520. The number of allylic oxidation sites excluding steroid dienone is 6. The van der Waals surface area contributed by atoms with Crippen LogP contribution >= 0.6 is 0 Å². The average Bonchev–Trinajstić information content (AvgIpc) is 2.81. The largest absolute Gasteiger partial charge is 0.496 e. The van der Waals surface area contributed by atoms with E-state index in [9.17, 15) is 24.9 Å². The first-order valence-corrected chi connectivity index (χ1v) is 11.4. The van der Waals surface area contributed by atoms with Crippen molar-refractivity contribution in [2.24, 2.45) is 0 Å². The predicted octanol–water partition coefficient (Wildman–Crippen LogP) is 2.52. The first-order chi connectivity index (χ1) is 16.9. The minimum Gasteiger partial charge on any atom is -0.496 e. The van der Waals surface area contributed by atoms with Crippen molar-refractivity contribution in [1.29, 1.82) is 0 Å². The van der Waals surface area contributed by atoms with Gasteiger partial charge in [-0.15, -0.1) is 0 Å². The zero-order valence-electron chi connectivity index (χ0n) is 21.3. The molecule has 1 aliphatic rings. The molecule has 196 valence electrons. The van der Waals surface area contributed by atoms with Gasteiger partial charge in [0, 0.05) is 6.08 Å². The number of hydrogen-bond donors (Lipinski definition) is 4. The van der Waals surface area contributed by atoms with E-state index in [0.717, 1.165) is 39.7 Å². The van der Waals surface area contributed by atoms with Gasteiger partial charge in [0.1, 0.15) is 24.1 Å². The Kier molecular flexibility index (Phi) is 10.2. The van der Waals surface area contributed by atoms with Crippen molar-refractivity contribution in [3.05, 3.63) is 69.8 Å². The molecule has 9 nitrogen and oxygen atoms in total. The highest BCUT2D eigenvalue weighted by molar-refractivity contribution is 5.83. The van der Waals surface area contributed by atoms with Crippen molar-refractivity contribution in [1.82, 2.24) is 0 Å². The van der Waals surface area contributed by atoms with Crippen molar-refractivity contribution in [3.8, 4) is 5.75 Å². The summed E-state index contributed by atoms with van der Waals surface area (Å²) in [4.78, 5) is 23.3. The van der Waals surface area contributed by atoms with Gasteiger partial charge in [-0.2, -0.15) is 0 Å². The van der Waals surface area contributed by atoms with Crippen LogP contribution in [0.3, 0.4) is 0 Å². The molecule has 1 aliphatic heterocycles. The molecule has 1 saturated heterocycles. The van der Waals surface area contributed by atoms with Crippen LogP contribution in [0.5, 0.6) is 5.75 Å². The van der Waals surface area contributed by atoms with Crippen molar-refractivity contribution in [3.63, 3.8) is 0 Å². The molecule has 0 aliphatic carbocycles. The third kappa shape index (κ3) is 7.14. The molecule has 36 heavy (non-hydrogen) atoms. The maximum Gasteiger partial charge on any atom is 0.335 e. The predicted molar refractivity (Wildman–Crippen MR) is 133 cm³/mol. The number of aliphatic hydroxyl groups is 3. The molecule has 0 radical (unpaired) electrons. The third-order valence-electron chi connectivity index (χ3n) is 5.95. The van der Waals surface area contributed by atoms with Gasteiger partial charge in [-0.1, -0.05) is 36.0 Å². The van der Waals surface area contributed by atoms with Crippen LogP contribution in [-0.4, -0.2) is 70.2 Å². The summed E-state index contributed by atoms with van der Waals surface area (Å²) in [6.45, 7) is 9.70. The molecule has 1 aromatic carbocycles. The number of aliphatic carboxylic acids is 1. The van der Waals surface area contributed by atoms with E-state index >= 15 is 0 Å². The van der Waals surface area contributed by atoms with Crippen LogP contribution in [0.2, 0.25) is 0 Å². The average molecular weight is 503 g/mol. The Labute approximate surface area is 210 Å². The smallest absolute Gasteiger partial charge is 0.335 e. The van der Waals surface area contributed by atoms with Gasteiger partial charge in [-0.3, -0.25) is 0 Å². The lowest BCUT2D eigenvalue weighted by Gasteiger charge is -2.37. The van der Waals surface area contributed by atoms with Crippen LogP contribution in [0.4, 0.5) is 0 Å². The normalized spacial score (nSPS) is 25.4. The minimum atomic E-state index is -1.86. The standard InChI is InChI=1S/C27H34O9/c1-14(10-11-19-16(3)13-20(34-6)18(5)17(19)4)8-7-9-15(2)12-21(28)35-27-24(31)22(29)23(30)25(36-27)26(32)33/h7-13,22-25,27,29-31H,1-6H3,(H,32,33). The number of aliphatic hydroxyl groups excluding tert-OH is 3. The van der Waals surface area contributed by atoms with Gasteiger partial charge in [0.05, 0.1) is 7.11 Å². The second-order valence-electron chi connectivity index (χ2n) is 8.72. The highest BCUT2D eigenvalue weighted by Gasteiger charge is 2.48. The number of hydrogen-bond acceptors (Lipinski definition) is 8. The lowest BCUT2D eigenvalue weighted by molar-refractivity contribution is -0.284. The molecular formula is C27H34O9. The number of carbonyl (C=O) groups is 2. The molecule has 5 atom stereocenters. The highest BCUT2D eigenvalue weighted by atomic mass is 16.7. The summed E-state index contributed by atoms with van der Waals surface area (Å²) in [5.74, 6) is -1.61. The van der Waals surface area contributed by atoms with E-state index in [1.54, 1.807) is 26.2 Å². The topological polar surface area (TPSA) is 143 Å². The quantitative estimate of drug-likeness (QED) is 0.240. The van der Waals surface area contributed by atoms with Crippen LogP contribution in [-0.2, 0) is 19.1 Å².